The molecule has 6 nitrogen and oxygen atoms in total. The summed E-state index contributed by atoms with van der Waals surface area (Å²) in [6.07, 6.45) is 0.304. The predicted octanol–water partition coefficient (Wildman–Crippen LogP) is 5.19. The maximum Gasteiger partial charge on any atom is 0.228 e. The smallest absolute Gasteiger partial charge is 0.228 e. The number of anilines is 2. The molecule has 3 aromatic carbocycles. The van der Waals surface area contributed by atoms with E-state index in [1.54, 1.807) is 4.90 Å². The predicted molar refractivity (Wildman–Crippen MR) is 144 cm³/mol. The number of carboxylic acids is 1. The zero-order valence-electron chi connectivity index (χ0n) is 20.4. The highest BCUT2D eigenvalue weighted by Crippen LogP contribution is 2.47. The van der Waals surface area contributed by atoms with E-state index in [-0.39, 0.29) is 24.0 Å². The summed E-state index contributed by atoms with van der Waals surface area (Å²) in [5.41, 5.74) is 5.58. The van der Waals surface area contributed by atoms with E-state index in [0.717, 1.165) is 26.9 Å². The highest BCUT2D eigenvalue weighted by atomic mass is 79.9. The van der Waals surface area contributed by atoms with Gasteiger partial charge in [-0.05, 0) is 61.1 Å². The van der Waals surface area contributed by atoms with Gasteiger partial charge in [0.25, 0.3) is 0 Å². The van der Waals surface area contributed by atoms with Gasteiger partial charge in [-0.1, -0.05) is 70.0 Å². The number of amides is 1. The summed E-state index contributed by atoms with van der Waals surface area (Å²) < 4.78 is 0.957. The minimum Gasteiger partial charge on any atom is -0.550 e. The number of carbonyl (C=O) groups excluding carboxylic acids is 3. The Kier molecular flexibility index (Phi) is 6.98. The van der Waals surface area contributed by atoms with Crippen LogP contribution in [0.1, 0.15) is 54.3 Å². The molecule has 1 N–H and O–H groups in total. The molecule has 0 saturated carbocycles. The fourth-order valence-corrected chi connectivity index (χ4v) is 5.67. The molecular formula is C30H26BrN2O4-. The summed E-state index contributed by atoms with van der Waals surface area (Å²) in [5.74, 6) is -1.70. The molecule has 1 heterocycles. The number of nitrogens with one attached hydrogen (secondary N) is 1. The van der Waals surface area contributed by atoms with E-state index in [0.29, 0.717) is 29.8 Å². The lowest BCUT2D eigenvalue weighted by Gasteiger charge is -2.35. The first-order valence-corrected chi connectivity index (χ1v) is 13.1. The number of hydrogen-bond donors (Lipinski definition) is 1. The quantitative estimate of drug-likeness (QED) is 0.466. The molecule has 1 amide bonds. The number of aliphatic carboxylic acids is 1. The van der Waals surface area contributed by atoms with Crippen molar-refractivity contribution in [1.82, 2.24) is 0 Å². The van der Waals surface area contributed by atoms with E-state index in [9.17, 15) is 19.5 Å². The van der Waals surface area contributed by atoms with Crippen LogP contribution in [0.2, 0.25) is 0 Å². The summed E-state index contributed by atoms with van der Waals surface area (Å²) in [7, 11) is 0. The minimum atomic E-state index is -1.29. The Labute approximate surface area is 224 Å². The van der Waals surface area contributed by atoms with Crippen molar-refractivity contribution in [2.45, 2.75) is 44.6 Å². The van der Waals surface area contributed by atoms with Crippen LogP contribution in [-0.4, -0.2) is 17.7 Å². The van der Waals surface area contributed by atoms with E-state index in [2.05, 4.69) is 21.2 Å². The molecule has 5 rings (SSSR count). The van der Waals surface area contributed by atoms with Crippen molar-refractivity contribution in [1.29, 1.82) is 0 Å². The van der Waals surface area contributed by atoms with Crippen LogP contribution in [0.15, 0.2) is 88.5 Å². The molecule has 0 spiro atoms. The van der Waals surface area contributed by atoms with Gasteiger partial charge < -0.3 is 15.2 Å². The number of benzene rings is 3. The number of rotatable bonds is 5. The monoisotopic (exact) mass is 557 g/mol. The second kappa shape index (κ2) is 10.3. The van der Waals surface area contributed by atoms with Crippen LogP contribution in [0.3, 0.4) is 0 Å². The lowest BCUT2D eigenvalue weighted by molar-refractivity contribution is -0.305. The van der Waals surface area contributed by atoms with Crippen molar-refractivity contribution < 1.29 is 19.5 Å². The van der Waals surface area contributed by atoms with Gasteiger partial charge in [-0.25, -0.2) is 0 Å². The van der Waals surface area contributed by atoms with Crippen LogP contribution in [-0.2, 0) is 14.4 Å². The summed E-state index contributed by atoms with van der Waals surface area (Å²) in [5, 5.41) is 14.7. The van der Waals surface area contributed by atoms with Gasteiger partial charge in [0, 0.05) is 34.6 Å². The first-order valence-electron chi connectivity index (χ1n) is 12.3. The summed E-state index contributed by atoms with van der Waals surface area (Å²) in [4.78, 5) is 40.4. The van der Waals surface area contributed by atoms with E-state index >= 15 is 0 Å². The van der Waals surface area contributed by atoms with Crippen LogP contribution in [0.5, 0.6) is 0 Å². The third-order valence-corrected chi connectivity index (χ3v) is 7.51. The van der Waals surface area contributed by atoms with Crippen molar-refractivity contribution >= 4 is 45.0 Å². The first kappa shape index (κ1) is 25.0. The molecule has 37 heavy (non-hydrogen) atoms. The molecule has 0 bridgehead atoms. The third-order valence-electron chi connectivity index (χ3n) is 7.01. The van der Waals surface area contributed by atoms with Crippen LogP contribution in [0.4, 0.5) is 11.4 Å². The number of carboxylic acid groups (broad SMARTS) is 1. The summed E-state index contributed by atoms with van der Waals surface area (Å²) in [6.45, 7) is 1.98. The molecule has 0 unspecified atom stereocenters. The molecule has 3 aromatic rings. The fraction of sp³-hybridized carbons (Fsp3) is 0.233. The highest BCUT2D eigenvalue weighted by molar-refractivity contribution is 9.10. The van der Waals surface area contributed by atoms with Gasteiger partial charge in [0.05, 0.1) is 17.4 Å². The largest absolute Gasteiger partial charge is 0.550 e. The molecule has 0 aromatic heterocycles. The molecule has 0 radical (unpaired) electrons. The van der Waals surface area contributed by atoms with Gasteiger partial charge in [-0.3, -0.25) is 14.5 Å². The summed E-state index contributed by atoms with van der Waals surface area (Å²) in [6, 6.07) is 22.5. The van der Waals surface area contributed by atoms with Crippen LogP contribution >= 0.6 is 15.9 Å². The van der Waals surface area contributed by atoms with E-state index in [1.165, 1.54) is 0 Å². The topological polar surface area (TPSA) is 89.5 Å². The Morgan fingerprint density at radius 1 is 0.973 bits per heavy atom. The Balaban J connectivity index is 1.68. The Morgan fingerprint density at radius 3 is 2.46 bits per heavy atom. The zero-order valence-corrected chi connectivity index (χ0v) is 22.0. The number of nitrogens with zero attached hydrogens (tertiary/aromatic N) is 1. The number of para-hydroxylation sites is 2. The van der Waals surface area contributed by atoms with Crippen LogP contribution < -0.4 is 15.3 Å². The Hall–Kier alpha value is -3.71. The average molecular weight is 558 g/mol. The maximum atomic E-state index is 13.9. The normalized spacial score (nSPS) is 19.0. The fourth-order valence-electron chi connectivity index (χ4n) is 5.26. The van der Waals surface area contributed by atoms with Gasteiger partial charge in [0.2, 0.25) is 5.91 Å². The van der Waals surface area contributed by atoms with E-state index in [4.69, 9.17) is 0 Å². The van der Waals surface area contributed by atoms with Gasteiger partial charge in [-0.2, -0.15) is 0 Å². The number of carbonyl (C=O) groups is 3. The van der Waals surface area contributed by atoms with Crippen molar-refractivity contribution in [3.05, 3.63) is 105 Å². The van der Waals surface area contributed by atoms with Crippen LogP contribution in [0, 0.1) is 6.92 Å². The number of ketones is 1. The minimum absolute atomic E-state index is 0.0117. The third kappa shape index (κ3) is 5.09. The molecule has 2 atom stereocenters. The maximum absolute atomic E-state index is 13.9. The van der Waals surface area contributed by atoms with Crippen molar-refractivity contribution in [3.63, 3.8) is 0 Å². The Bertz CT molecular complexity index is 1410. The van der Waals surface area contributed by atoms with Crippen molar-refractivity contribution in [2.75, 3.05) is 10.2 Å². The second-order valence-corrected chi connectivity index (χ2v) is 10.5. The molecule has 1 aliphatic heterocycles. The number of allylic oxidation sites excluding steroid dienone is 1. The first-order chi connectivity index (χ1) is 17.8. The summed E-state index contributed by atoms with van der Waals surface area (Å²) >= 11 is 3.54. The molecule has 188 valence electrons. The van der Waals surface area contributed by atoms with Gasteiger partial charge in [0.15, 0.2) is 5.78 Å². The van der Waals surface area contributed by atoms with E-state index < -0.39 is 18.4 Å². The van der Waals surface area contributed by atoms with E-state index in [1.807, 2.05) is 79.7 Å². The SMILES string of the molecule is Cc1ccc([C@H]2C3=C(C[C@@H](c4cccc(Br)c4)CC3=O)Nc3ccccc3N2C(=O)CCC(=O)[O-])cc1. The number of aryl methyl sites for hydroxylation is 1. The van der Waals surface area contributed by atoms with Crippen molar-refractivity contribution in [3.8, 4) is 0 Å². The highest BCUT2D eigenvalue weighted by Gasteiger charge is 2.41. The molecular weight excluding hydrogens is 532 g/mol. The lowest BCUT2D eigenvalue weighted by atomic mass is 9.78. The number of fused-ring (bicyclic) bond motifs is 1. The van der Waals surface area contributed by atoms with Crippen molar-refractivity contribution in [2.24, 2.45) is 0 Å². The van der Waals surface area contributed by atoms with Gasteiger partial charge >= 0.3 is 0 Å². The molecule has 1 aliphatic carbocycles. The van der Waals surface area contributed by atoms with Gasteiger partial charge in [-0.15, -0.1) is 0 Å². The lowest BCUT2D eigenvalue weighted by Crippen LogP contribution is -2.39. The Morgan fingerprint density at radius 2 is 1.73 bits per heavy atom. The molecule has 2 aliphatic rings. The molecule has 0 fully saturated rings. The average Bonchev–Trinajstić information content (AvgIpc) is 3.02. The zero-order chi connectivity index (χ0) is 26.1. The van der Waals surface area contributed by atoms with Crippen LogP contribution in [0.25, 0.3) is 0 Å². The molecule has 0 saturated heterocycles. The van der Waals surface area contributed by atoms with Gasteiger partial charge in [0.1, 0.15) is 0 Å². The number of Topliss-reactive ketones (excluding diaryl/α,β-unsaturated/α-hetero) is 1. The second-order valence-electron chi connectivity index (χ2n) is 9.57. The molecule has 7 heteroatoms. The number of halogens is 1. The standard InChI is InChI=1S/C30H27BrN2O4/c1-18-9-11-19(12-10-18)30-29-24(16-21(17-26(29)34)20-5-4-6-22(31)15-20)32-23-7-2-3-8-25(23)33(30)27(35)13-14-28(36)37/h2-12,15,21,30,32H,13-14,16-17H2,1H3,(H,36,37)/p-1/t21-,30+/m1/s1. The number of hydrogen-bond acceptors (Lipinski definition) is 5.